The maximum atomic E-state index is 6.80. The molecule has 0 amide bonds. The van der Waals surface area contributed by atoms with E-state index in [0.717, 1.165) is 42.9 Å². The second kappa shape index (κ2) is 11.7. The molecule has 266 valence electrons. The summed E-state index contributed by atoms with van der Waals surface area (Å²) >= 11 is 10.4. The zero-order chi connectivity index (χ0) is 37.4. The molecule has 0 bridgehead atoms. The van der Waals surface area contributed by atoms with Crippen molar-refractivity contribution in [2.75, 3.05) is 0 Å². The van der Waals surface area contributed by atoms with Crippen LogP contribution in [0.1, 0.15) is 0 Å². The molecule has 0 atom stereocenters. The number of para-hydroxylation sites is 3. The molecule has 0 fully saturated rings. The van der Waals surface area contributed by atoms with Gasteiger partial charge >= 0.3 is 0 Å². The van der Waals surface area contributed by atoms with Gasteiger partial charge in [-0.05, 0) is 71.6 Å². The van der Waals surface area contributed by atoms with Gasteiger partial charge < -0.3 is 9.13 Å². The third-order valence-electron chi connectivity index (χ3n) is 11.6. The summed E-state index contributed by atoms with van der Waals surface area (Å²) in [7, 11) is 0. The predicted octanol–water partition coefficient (Wildman–Crippen LogP) is 14.9. The molecule has 0 aliphatic carbocycles. The number of hydrogen-bond acceptors (Lipinski definition) is 4. The van der Waals surface area contributed by atoms with E-state index in [1.54, 1.807) is 11.3 Å². The van der Waals surface area contributed by atoms with E-state index in [0.29, 0.717) is 0 Å². The number of nitrogens with zero attached hydrogens (tertiary/aromatic N) is 4. The third kappa shape index (κ3) is 4.37. The molecule has 4 nitrogen and oxygen atoms in total. The first kappa shape index (κ1) is 31.6. The second-order valence-electron chi connectivity index (χ2n) is 14.6. The molecule has 8 aromatic carbocycles. The van der Waals surface area contributed by atoms with Crippen molar-refractivity contribution >= 4 is 129 Å². The summed E-state index contributed by atoms with van der Waals surface area (Å²) < 4.78 is 9.60. The molecule has 0 saturated carbocycles. The molecule has 13 rings (SSSR count). The molecular weight excluding hydrogens is 756 g/mol. The monoisotopic (exact) mass is 782 g/mol. The van der Waals surface area contributed by atoms with Crippen LogP contribution in [-0.4, -0.2) is 19.1 Å². The topological polar surface area (TPSA) is 35.6 Å². The second-order valence-corrected chi connectivity index (χ2v) is 17.1. The zero-order valence-corrected chi connectivity index (χ0v) is 32.5. The minimum atomic E-state index is 0.240. The van der Waals surface area contributed by atoms with Crippen LogP contribution in [0.3, 0.4) is 0 Å². The molecule has 0 N–H and O–H groups in total. The number of halogens is 1. The highest BCUT2D eigenvalue weighted by Crippen LogP contribution is 2.48. The number of fused-ring (bicyclic) bond motifs is 16. The number of rotatable bonds is 3. The van der Waals surface area contributed by atoms with Crippen molar-refractivity contribution in [2.45, 2.75) is 0 Å². The maximum Gasteiger partial charge on any atom is 0.223 e. The van der Waals surface area contributed by atoms with Gasteiger partial charge in [0.25, 0.3) is 0 Å². The molecule has 0 radical (unpaired) electrons. The number of thiophene rings is 2. The Kier molecular flexibility index (Phi) is 6.50. The summed E-state index contributed by atoms with van der Waals surface area (Å²) in [6, 6.07) is 59.2. The van der Waals surface area contributed by atoms with Crippen LogP contribution < -0.4 is 0 Å². The summed E-state index contributed by atoms with van der Waals surface area (Å²) in [4.78, 5) is 9.77. The van der Waals surface area contributed by atoms with Crippen molar-refractivity contribution in [2.24, 2.45) is 0 Å². The summed E-state index contributed by atoms with van der Waals surface area (Å²) in [5, 5.41) is 11.5. The average Bonchev–Trinajstić information content (AvgIpc) is 4.01. The summed E-state index contributed by atoms with van der Waals surface area (Å²) in [6.07, 6.45) is 0. The van der Waals surface area contributed by atoms with Gasteiger partial charge in [-0.1, -0.05) is 109 Å². The molecule has 0 spiro atoms. The first-order valence-electron chi connectivity index (χ1n) is 18.9. The quantitative estimate of drug-likeness (QED) is 0.167. The van der Waals surface area contributed by atoms with Crippen molar-refractivity contribution in [3.05, 3.63) is 169 Å². The third-order valence-corrected chi connectivity index (χ3v) is 14.1. The molecule has 5 aromatic heterocycles. The lowest BCUT2D eigenvalue weighted by Crippen LogP contribution is -1.96. The van der Waals surface area contributed by atoms with Crippen molar-refractivity contribution in [3.63, 3.8) is 0 Å². The lowest BCUT2D eigenvalue weighted by Gasteiger charge is -2.12. The first-order chi connectivity index (χ1) is 28.2. The molecule has 13 aromatic rings. The van der Waals surface area contributed by atoms with E-state index in [1.807, 2.05) is 11.3 Å². The van der Waals surface area contributed by atoms with Crippen molar-refractivity contribution in [3.8, 4) is 22.6 Å². The SMILES string of the molecule is Clc1nc(-c2cccc(-n3c4ccccc4c4c5sc6ccccc6c5c5ccccc5c43)c2)c2sc3cc(-n4c5ccccc5c5ccccc54)ccc3c2n1. The van der Waals surface area contributed by atoms with E-state index in [1.165, 1.54) is 74.6 Å². The van der Waals surface area contributed by atoms with Crippen LogP contribution in [0.25, 0.3) is 117 Å². The molecule has 5 heterocycles. The smallest absolute Gasteiger partial charge is 0.223 e. The average molecular weight is 783 g/mol. The van der Waals surface area contributed by atoms with Crippen LogP contribution >= 0.6 is 34.3 Å². The number of hydrogen-bond donors (Lipinski definition) is 0. The molecule has 7 heteroatoms. The van der Waals surface area contributed by atoms with Crippen molar-refractivity contribution in [1.29, 1.82) is 0 Å². The Bertz CT molecular complexity index is 3790. The van der Waals surface area contributed by atoms with Gasteiger partial charge in [-0.3, -0.25) is 0 Å². The molecule has 0 unspecified atom stereocenters. The first-order valence-corrected chi connectivity index (χ1v) is 20.9. The van der Waals surface area contributed by atoms with Crippen LogP contribution in [0, 0.1) is 0 Å². The highest BCUT2D eigenvalue weighted by Gasteiger charge is 2.23. The standard InChI is InChI=1S/C50H27ClN4S2/c51-50-52-45(49-46(53-50)37-25-24-30(27-42(37)57-49)54-38-20-7-3-14-31(38)32-15-4-8-21-39(32)54)28-12-11-13-29(26-28)55-40-22-9-5-18-35(40)44-47(55)34-17-2-1-16-33(34)43-36-19-6-10-23-41(36)56-48(43)44/h1-27H. The van der Waals surface area contributed by atoms with Crippen LogP contribution in [0.4, 0.5) is 0 Å². The fraction of sp³-hybridized carbons (Fsp3) is 0. The Morgan fingerprint density at radius 2 is 1.04 bits per heavy atom. The molecule has 57 heavy (non-hydrogen) atoms. The zero-order valence-electron chi connectivity index (χ0n) is 30.1. The van der Waals surface area contributed by atoms with E-state index in [4.69, 9.17) is 21.6 Å². The van der Waals surface area contributed by atoms with Crippen molar-refractivity contribution in [1.82, 2.24) is 19.1 Å². The Labute approximate surface area is 338 Å². The minimum absolute atomic E-state index is 0.240. The van der Waals surface area contributed by atoms with Gasteiger partial charge in [0.15, 0.2) is 0 Å². The summed E-state index contributed by atoms with van der Waals surface area (Å²) in [5.74, 6) is 0. The van der Waals surface area contributed by atoms with E-state index in [2.05, 4.69) is 173 Å². The van der Waals surface area contributed by atoms with Gasteiger partial charge in [-0.2, -0.15) is 0 Å². The fourth-order valence-electron chi connectivity index (χ4n) is 9.32. The predicted molar refractivity (Wildman–Crippen MR) is 244 cm³/mol. The van der Waals surface area contributed by atoms with E-state index < -0.39 is 0 Å². The van der Waals surface area contributed by atoms with Crippen LogP contribution in [0.2, 0.25) is 5.28 Å². The molecule has 0 aliphatic heterocycles. The molecule has 0 saturated heterocycles. The number of benzene rings is 8. The Balaban J connectivity index is 1.05. The fourth-order valence-corrected chi connectivity index (χ4v) is 12.0. The summed E-state index contributed by atoms with van der Waals surface area (Å²) in [6.45, 7) is 0. The van der Waals surface area contributed by atoms with Gasteiger partial charge in [0.05, 0.1) is 38.0 Å². The largest absolute Gasteiger partial charge is 0.309 e. The highest BCUT2D eigenvalue weighted by molar-refractivity contribution is 7.27. The van der Waals surface area contributed by atoms with Crippen LogP contribution in [0.5, 0.6) is 0 Å². The Morgan fingerprint density at radius 1 is 0.421 bits per heavy atom. The van der Waals surface area contributed by atoms with Gasteiger partial charge in [0.1, 0.15) is 0 Å². The Morgan fingerprint density at radius 3 is 1.81 bits per heavy atom. The Hall–Kier alpha value is -6.57. The van der Waals surface area contributed by atoms with Crippen LogP contribution in [-0.2, 0) is 0 Å². The normalized spacial score (nSPS) is 12.3. The molecule has 0 aliphatic rings. The van der Waals surface area contributed by atoms with E-state index >= 15 is 0 Å². The van der Waals surface area contributed by atoms with Gasteiger partial charge in [0.2, 0.25) is 5.28 Å². The number of aromatic nitrogens is 4. The lowest BCUT2D eigenvalue weighted by molar-refractivity contribution is 1.18. The molecular formula is C50H27ClN4S2. The van der Waals surface area contributed by atoms with Crippen LogP contribution in [0.15, 0.2) is 164 Å². The van der Waals surface area contributed by atoms with Gasteiger partial charge in [-0.25, -0.2) is 9.97 Å². The minimum Gasteiger partial charge on any atom is -0.309 e. The maximum absolute atomic E-state index is 6.80. The lowest BCUT2D eigenvalue weighted by atomic mass is 9.99. The van der Waals surface area contributed by atoms with E-state index in [9.17, 15) is 0 Å². The van der Waals surface area contributed by atoms with Gasteiger partial charge in [0, 0.05) is 74.1 Å². The van der Waals surface area contributed by atoms with E-state index in [-0.39, 0.29) is 5.28 Å². The van der Waals surface area contributed by atoms with Crippen molar-refractivity contribution < 1.29 is 0 Å². The summed E-state index contributed by atoms with van der Waals surface area (Å²) in [5.41, 5.74) is 9.65. The van der Waals surface area contributed by atoms with Gasteiger partial charge in [-0.15, -0.1) is 22.7 Å². The highest BCUT2D eigenvalue weighted by atomic mass is 35.5.